The molecule has 6 nitrogen and oxygen atoms in total. The van der Waals surface area contributed by atoms with E-state index in [0.29, 0.717) is 17.1 Å². The highest BCUT2D eigenvalue weighted by molar-refractivity contribution is 6.02. The molecule has 0 saturated carbocycles. The normalized spacial score (nSPS) is 9.47. The summed E-state index contributed by atoms with van der Waals surface area (Å²) >= 11 is 0. The zero-order valence-corrected chi connectivity index (χ0v) is 10.2. The van der Waals surface area contributed by atoms with Gasteiger partial charge in [0.15, 0.2) is 0 Å². The van der Waals surface area contributed by atoms with Gasteiger partial charge in [0.05, 0.1) is 24.0 Å². The summed E-state index contributed by atoms with van der Waals surface area (Å²) in [6, 6.07) is 8.66. The molecule has 0 unspecified atom stereocenters. The molecule has 2 N–H and O–H groups in total. The minimum atomic E-state index is -0.370. The second-order valence-corrected chi connectivity index (χ2v) is 3.68. The van der Waals surface area contributed by atoms with Gasteiger partial charge in [0.1, 0.15) is 11.5 Å². The van der Waals surface area contributed by atoms with E-state index in [0.717, 1.165) is 0 Å². The van der Waals surface area contributed by atoms with Crippen LogP contribution in [0.4, 0.5) is 11.5 Å². The summed E-state index contributed by atoms with van der Waals surface area (Å²) in [4.78, 5) is 19.9. The van der Waals surface area contributed by atoms with Gasteiger partial charge in [0.25, 0.3) is 5.91 Å². The molecule has 2 aromatic rings. The summed E-state index contributed by atoms with van der Waals surface area (Å²) in [6.07, 6.45) is 2.86. The Morgan fingerprint density at radius 3 is 2.79 bits per heavy atom. The Morgan fingerprint density at radius 1 is 1.32 bits per heavy atom. The molecule has 1 amide bonds. The van der Waals surface area contributed by atoms with Gasteiger partial charge < -0.3 is 10.6 Å². The predicted molar refractivity (Wildman–Crippen MR) is 70.7 cm³/mol. The lowest BCUT2D eigenvalue weighted by atomic mass is 10.2. The lowest BCUT2D eigenvalue weighted by Gasteiger charge is -2.05. The number of nitrogens with zero attached hydrogens (tertiary/aromatic N) is 3. The van der Waals surface area contributed by atoms with E-state index in [1.807, 2.05) is 6.07 Å². The van der Waals surface area contributed by atoms with Crippen molar-refractivity contribution < 1.29 is 4.79 Å². The number of hydrogen-bond donors (Lipinski definition) is 2. The highest BCUT2D eigenvalue weighted by atomic mass is 16.1. The van der Waals surface area contributed by atoms with E-state index in [1.54, 1.807) is 31.3 Å². The van der Waals surface area contributed by atoms with Crippen LogP contribution >= 0.6 is 0 Å². The van der Waals surface area contributed by atoms with Crippen LogP contribution in [0.3, 0.4) is 0 Å². The number of amides is 1. The van der Waals surface area contributed by atoms with Gasteiger partial charge in [0.2, 0.25) is 0 Å². The Kier molecular flexibility index (Phi) is 3.69. The first-order chi connectivity index (χ1) is 9.22. The van der Waals surface area contributed by atoms with E-state index in [1.165, 1.54) is 12.4 Å². The lowest BCUT2D eigenvalue weighted by molar-refractivity contribution is 0.102. The Balaban J connectivity index is 2.13. The summed E-state index contributed by atoms with van der Waals surface area (Å²) in [6.45, 7) is 0. The minimum absolute atomic E-state index is 0.210. The second kappa shape index (κ2) is 5.60. The number of carbonyl (C=O) groups is 1. The summed E-state index contributed by atoms with van der Waals surface area (Å²) in [5, 5.41) is 14.3. The van der Waals surface area contributed by atoms with Gasteiger partial charge in [-0.3, -0.25) is 4.79 Å². The van der Waals surface area contributed by atoms with Crippen LogP contribution in [0.15, 0.2) is 36.7 Å². The molecule has 1 aromatic heterocycles. The van der Waals surface area contributed by atoms with Crippen LogP contribution < -0.4 is 10.6 Å². The molecule has 0 aliphatic rings. The van der Waals surface area contributed by atoms with Crippen molar-refractivity contribution in [3.8, 4) is 6.07 Å². The number of nitriles is 1. The van der Waals surface area contributed by atoms with Crippen LogP contribution in [0.5, 0.6) is 0 Å². The molecule has 94 valence electrons. The summed E-state index contributed by atoms with van der Waals surface area (Å²) < 4.78 is 0. The molecular weight excluding hydrogens is 242 g/mol. The SMILES string of the molecule is CNc1cnc(C(=O)Nc2cccc(C#N)c2)cn1. The van der Waals surface area contributed by atoms with Gasteiger partial charge in [-0.15, -0.1) is 0 Å². The average Bonchev–Trinajstić information content (AvgIpc) is 2.47. The highest BCUT2D eigenvalue weighted by Crippen LogP contribution is 2.11. The van der Waals surface area contributed by atoms with Crippen LogP contribution in [0.1, 0.15) is 16.1 Å². The maximum Gasteiger partial charge on any atom is 0.275 e. The minimum Gasteiger partial charge on any atom is -0.372 e. The molecule has 0 aliphatic carbocycles. The van der Waals surface area contributed by atoms with Gasteiger partial charge in [-0.05, 0) is 18.2 Å². The van der Waals surface area contributed by atoms with E-state index < -0.39 is 0 Å². The summed E-state index contributed by atoms with van der Waals surface area (Å²) in [5.74, 6) is 0.216. The molecule has 0 bridgehead atoms. The number of benzene rings is 1. The van der Waals surface area contributed by atoms with Crippen molar-refractivity contribution in [1.29, 1.82) is 5.26 Å². The van der Waals surface area contributed by atoms with E-state index in [2.05, 4.69) is 20.6 Å². The lowest BCUT2D eigenvalue weighted by Crippen LogP contribution is -2.14. The number of carbonyl (C=O) groups excluding carboxylic acids is 1. The Labute approximate surface area is 110 Å². The first-order valence-corrected chi connectivity index (χ1v) is 5.54. The molecule has 0 radical (unpaired) electrons. The van der Waals surface area contributed by atoms with Crippen LogP contribution in [0.2, 0.25) is 0 Å². The molecule has 0 atom stereocenters. The quantitative estimate of drug-likeness (QED) is 0.867. The predicted octanol–water partition coefficient (Wildman–Crippen LogP) is 1.64. The van der Waals surface area contributed by atoms with Gasteiger partial charge in [-0.1, -0.05) is 6.07 Å². The van der Waals surface area contributed by atoms with Crippen molar-refractivity contribution in [2.75, 3.05) is 17.7 Å². The van der Waals surface area contributed by atoms with Crippen molar-refractivity contribution in [1.82, 2.24) is 9.97 Å². The zero-order valence-electron chi connectivity index (χ0n) is 10.2. The Bertz CT molecular complexity index is 630. The Morgan fingerprint density at radius 2 is 2.16 bits per heavy atom. The number of hydrogen-bond acceptors (Lipinski definition) is 5. The summed E-state index contributed by atoms with van der Waals surface area (Å²) in [7, 11) is 1.72. The third-order valence-electron chi connectivity index (χ3n) is 2.39. The molecule has 19 heavy (non-hydrogen) atoms. The Hall–Kier alpha value is -2.94. The maximum atomic E-state index is 11.9. The molecule has 2 rings (SSSR count). The standard InChI is InChI=1S/C13H11N5O/c1-15-12-8-16-11(7-17-12)13(19)18-10-4-2-3-9(5-10)6-14/h2-5,7-8H,1H3,(H,15,17)(H,18,19). The zero-order chi connectivity index (χ0) is 13.7. The molecule has 1 aromatic carbocycles. The topological polar surface area (TPSA) is 90.7 Å². The first kappa shape index (κ1) is 12.5. The van der Waals surface area contributed by atoms with Crippen LogP contribution in [-0.4, -0.2) is 22.9 Å². The van der Waals surface area contributed by atoms with Crippen molar-refractivity contribution >= 4 is 17.4 Å². The molecule has 0 fully saturated rings. The monoisotopic (exact) mass is 253 g/mol. The van der Waals surface area contributed by atoms with Crippen molar-refractivity contribution in [3.63, 3.8) is 0 Å². The number of aromatic nitrogens is 2. The van der Waals surface area contributed by atoms with Crippen molar-refractivity contribution in [2.24, 2.45) is 0 Å². The number of nitrogens with one attached hydrogen (secondary N) is 2. The third kappa shape index (κ3) is 3.04. The molecule has 1 heterocycles. The van der Waals surface area contributed by atoms with Crippen molar-refractivity contribution in [3.05, 3.63) is 47.9 Å². The van der Waals surface area contributed by atoms with Crippen LogP contribution in [0, 0.1) is 11.3 Å². The van der Waals surface area contributed by atoms with Gasteiger partial charge >= 0.3 is 0 Å². The van der Waals surface area contributed by atoms with Gasteiger partial charge in [-0.25, -0.2) is 9.97 Å². The largest absolute Gasteiger partial charge is 0.372 e. The van der Waals surface area contributed by atoms with Crippen molar-refractivity contribution in [2.45, 2.75) is 0 Å². The van der Waals surface area contributed by atoms with E-state index in [-0.39, 0.29) is 11.6 Å². The fourth-order valence-electron chi connectivity index (χ4n) is 1.44. The number of anilines is 2. The van der Waals surface area contributed by atoms with Gasteiger partial charge in [-0.2, -0.15) is 5.26 Å². The fraction of sp³-hybridized carbons (Fsp3) is 0.0769. The average molecular weight is 253 g/mol. The van der Waals surface area contributed by atoms with Gasteiger partial charge in [0, 0.05) is 12.7 Å². The molecule has 0 saturated heterocycles. The highest BCUT2D eigenvalue weighted by Gasteiger charge is 2.08. The molecule has 6 heteroatoms. The fourth-order valence-corrected chi connectivity index (χ4v) is 1.44. The van der Waals surface area contributed by atoms with Crippen LogP contribution in [-0.2, 0) is 0 Å². The van der Waals surface area contributed by atoms with Crippen LogP contribution in [0.25, 0.3) is 0 Å². The number of rotatable bonds is 3. The summed E-state index contributed by atoms with van der Waals surface area (Å²) in [5.41, 5.74) is 1.24. The molecule has 0 aliphatic heterocycles. The first-order valence-electron chi connectivity index (χ1n) is 5.54. The molecular formula is C13H11N5O. The second-order valence-electron chi connectivity index (χ2n) is 3.68. The van der Waals surface area contributed by atoms with E-state index in [9.17, 15) is 4.79 Å². The van der Waals surface area contributed by atoms with E-state index in [4.69, 9.17) is 5.26 Å². The van der Waals surface area contributed by atoms with E-state index >= 15 is 0 Å². The molecule has 0 spiro atoms. The maximum absolute atomic E-state index is 11.9. The third-order valence-corrected chi connectivity index (χ3v) is 2.39. The smallest absolute Gasteiger partial charge is 0.275 e.